The van der Waals surface area contributed by atoms with Gasteiger partial charge in [-0.3, -0.25) is 4.79 Å². The number of ketones is 1. The number of benzene rings is 2. The van der Waals surface area contributed by atoms with Crippen LogP contribution in [-0.4, -0.2) is 5.78 Å². The standard InChI is InChI=1S/C17H16ClFO/c1-9-7-10(2)12(4)16(11(9)3)17(20)14-6-5-13(19)8-15(14)18/h5-8H,1-4H3. The second kappa shape index (κ2) is 5.37. The summed E-state index contributed by atoms with van der Waals surface area (Å²) >= 11 is 6.00. The Balaban J connectivity index is 2.65. The van der Waals surface area contributed by atoms with Gasteiger partial charge >= 0.3 is 0 Å². The van der Waals surface area contributed by atoms with Crippen LogP contribution in [0.5, 0.6) is 0 Å². The molecule has 0 bridgehead atoms. The lowest BCUT2D eigenvalue weighted by Gasteiger charge is -2.15. The molecule has 0 aliphatic heterocycles. The summed E-state index contributed by atoms with van der Waals surface area (Å²) in [6.45, 7) is 7.80. The molecule has 0 aliphatic rings. The summed E-state index contributed by atoms with van der Waals surface area (Å²) in [6, 6.07) is 5.93. The van der Waals surface area contributed by atoms with Crippen LogP contribution in [0, 0.1) is 33.5 Å². The van der Waals surface area contributed by atoms with Crippen LogP contribution in [0.15, 0.2) is 24.3 Å². The molecule has 0 N–H and O–H groups in total. The van der Waals surface area contributed by atoms with Crippen LogP contribution in [-0.2, 0) is 0 Å². The fraction of sp³-hybridized carbons (Fsp3) is 0.235. The number of carbonyl (C=O) groups excluding carboxylic acids is 1. The summed E-state index contributed by atoms with van der Waals surface area (Å²) in [5.74, 6) is -0.600. The quantitative estimate of drug-likeness (QED) is 0.716. The van der Waals surface area contributed by atoms with E-state index < -0.39 is 5.82 Å². The van der Waals surface area contributed by atoms with Crippen molar-refractivity contribution in [2.24, 2.45) is 0 Å². The maximum Gasteiger partial charge on any atom is 0.195 e. The van der Waals surface area contributed by atoms with Crippen LogP contribution >= 0.6 is 11.6 Å². The van der Waals surface area contributed by atoms with Crippen molar-refractivity contribution in [2.45, 2.75) is 27.7 Å². The van der Waals surface area contributed by atoms with Crippen molar-refractivity contribution in [2.75, 3.05) is 0 Å². The zero-order valence-corrected chi connectivity index (χ0v) is 12.7. The highest BCUT2D eigenvalue weighted by Gasteiger charge is 2.19. The molecule has 0 unspecified atom stereocenters. The minimum absolute atomic E-state index is 0.146. The topological polar surface area (TPSA) is 17.1 Å². The second-order valence-corrected chi connectivity index (χ2v) is 5.50. The van der Waals surface area contributed by atoms with Crippen molar-refractivity contribution in [3.8, 4) is 0 Å². The van der Waals surface area contributed by atoms with E-state index in [0.29, 0.717) is 11.1 Å². The Morgan fingerprint density at radius 2 is 1.55 bits per heavy atom. The first kappa shape index (κ1) is 14.7. The van der Waals surface area contributed by atoms with Crippen molar-refractivity contribution >= 4 is 17.4 Å². The normalized spacial score (nSPS) is 10.7. The van der Waals surface area contributed by atoms with Gasteiger partial charge in [-0.2, -0.15) is 0 Å². The van der Waals surface area contributed by atoms with E-state index in [0.717, 1.165) is 22.3 Å². The second-order valence-electron chi connectivity index (χ2n) is 5.09. The summed E-state index contributed by atoms with van der Waals surface area (Å²) in [4.78, 5) is 12.7. The Kier molecular flexibility index (Phi) is 3.96. The lowest BCUT2D eigenvalue weighted by molar-refractivity contribution is 0.103. The van der Waals surface area contributed by atoms with E-state index in [2.05, 4.69) is 6.07 Å². The highest BCUT2D eigenvalue weighted by atomic mass is 35.5. The van der Waals surface area contributed by atoms with Gasteiger partial charge in [-0.15, -0.1) is 0 Å². The summed E-state index contributed by atoms with van der Waals surface area (Å²) in [5.41, 5.74) is 5.02. The number of hydrogen-bond donors (Lipinski definition) is 0. The Bertz CT molecular complexity index is 678. The SMILES string of the molecule is Cc1cc(C)c(C)c(C(=O)c2ccc(F)cc2Cl)c1C. The van der Waals surface area contributed by atoms with E-state index in [4.69, 9.17) is 11.6 Å². The Morgan fingerprint density at radius 1 is 1.00 bits per heavy atom. The minimum atomic E-state index is -0.444. The van der Waals surface area contributed by atoms with Crippen molar-refractivity contribution in [3.63, 3.8) is 0 Å². The number of carbonyl (C=O) groups is 1. The molecule has 0 radical (unpaired) electrons. The highest BCUT2D eigenvalue weighted by Crippen LogP contribution is 2.27. The molecule has 0 saturated heterocycles. The largest absolute Gasteiger partial charge is 0.289 e. The number of halogens is 2. The smallest absolute Gasteiger partial charge is 0.195 e. The first-order valence-electron chi connectivity index (χ1n) is 6.40. The van der Waals surface area contributed by atoms with Crippen LogP contribution in [0.1, 0.15) is 38.2 Å². The Hall–Kier alpha value is -1.67. The van der Waals surface area contributed by atoms with Gasteiger partial charge in [-0.25, -0.2) is 4.39 Å². The molecule has 0 amide bonds. The van der Waals surface area contributed by atoms with E-state index in [-0.39, 0.29) is 10.8 Å². The zero-order chi connectivity index (χ0) is 15.0. The van der Waals surface area contributed by atoms with Crippen LogP contribution in [0.4, 0.5) is 4.39 Å². The van der Waals surface area contributed by atoms with Crippen LogP contribution in [0.2, 0.25) is 5.02 Å². The predicted octanol–water partition coefficient (Wildman–Crippen LogP) is 4.94. The van der Waals surface area contributed by atoms with Crippen LogP contribution in [0.25, 0.3) is 0 Å². The molecule has 0 aromatic heterocycles. The van der Waals surface area contributed by atoms with E-state index in [1.807, 2.05) is 27.7 Å². The van der Waals surface area contributed by atoms with Gasteiger partial charge in [0.1, 0.15) is 5.82 Å². The summed E-state index contributed by atoms with van der Waals surface area (Å²) in [7, 11) is 0. The molecule has 20 heavy (non-hydrogen) atoms. The monoisotopic (exact) mass is 290 g/mol. The van der Waals surface area contributed by atoms with Gasteiger partial charge in [0.15, 0.2) is 5.78 Å². The molecule has 0 heterocycles. The number of aryl methyl sites for hydroxylation is 2. The molecule has 2 aromatic carbocycles. The average Bonchev–Trinajstić information content (AvgIpc) is 2.36. The number of hydrogen-bond acceptors (Lipinski definition) is 1. The molecule has 2 aromatic rings. The zero-order valence-electron chi connectivity index (χ0n) is 12.0. The summed E-state index contributed by atoms with van der Waals surface area (Å²) in [6.07, 6.45) is 0. The molecular formula is C17H16ClFO. The summed E-state index contributed by atoms with van der Waals surface area (Å²) in [5, 5.41) is 0.146. The third-order valence-corrected chi connectivity index (χ3v) is 4.08. The van der Waals surface area contributed by atoms with Gasteiger partial charge in [-0.1, -0.05) is 17.7 Å². The predicted molar refractivity (Wildman–Crippen MR) is 80.2 cm³/mol. The van der Waals surface area contributed by atoms with E-state index >= 15 is 0 Å². The molecule has 0 spiro atoms. The highest BCUT2D eigenvalue weighted by molar-refractivity contribution is 6.35. The van der Waals surface area contributed by atoms with E-state index in [1.165, 1.54) is 18.2 Å². The minimum Gasteiger partial charge on any atom is -0.289 e. The molecule has 1 nitrogen and oxygen atoms in total. The third kappa shape index (κ3) is 2.48. The Labute approximate surface area is 123 Å². The fourth-order valence-corrected chi connectivity index (χ4v) is 2.62. The molecule has 0 atom stereocenters. The van der Waals surface area contributed by atoms with Crippen molar-refractivity contribution in [1.29, 1.82) is 0 Å². The van der Waals surface area contributed by atoms with Gasteiger partial charge in [0.05, 0.1) is 5.02 Å². The Morgan fingerprint density at radius 3 is 2.05 bits per heavy atom. The van der Waals surface area contributed by atoms with Gasteiger partial charge in [0.2, 0.25) is 0 Å². The average molecular weight is 291 g/mol. The lowest BCUT2D eigenvalue weighted by atomic mass is 9.89. The van der Waals surface area contributed by atoms with Crippen molar-refractivity contribution in [3.05, 3.63) is 68.5 Å². The van der Waals surface area contributed by atoms with Gasteiger partial charge < -0.3 is 0 Å². The van der Waals surface area contributed by atoms with Crippen molar-refractivity contribution < 1.29 is 9.18 Å². The van der Waals surface area contributed by atoms with Gasteiger partial charge in [0.25, 0.3) is 0 Å². The molecule has 3 heteroatoms. The van der Waals surface area contributed by atoms with E-state index in [1.54, 1.807) is 0 Å². The molecular weight excluding hydrogens is 275 g/mol. The van der Waals surface area contributed by atoms with Crippen LogP contribution in [0.3, 0.4) is 0 Å². The molecule has 104 valence electrons. The van der Waals surface area contributed by atoms with E-state index in [9.17, 15) is 9.18 Å². The maximum atomic E-state index is 13.1. The van der Waals surface area contributed by atoms with Crippen molar-refractivity contribution in [1.82, 2.24) is 0 Å². The molecule has 2 rings (SSSR count). The summed E-state index contributed by atoms with van der Waals surface area (Å²) < 4.78 is 13.1. The first-order chi connectivity index (χ1) is 9.32. The maximum absolute atomic E-state index is 13.1. The first-order valence-corrected chi connectivity index (χ1v) is 6.78. The third-order valence-electron chi connectivity index (χ3n) is 3.77. The number of rotatable bonds is 2. The van der Waals surface area contributed by atoms with Gasteiger partial charge in [-0.05, 0) is 68.1 Å². The van der Waals surface area contributed by atoms with Gasteiger partial charge in [0, 0.05) is 11.1 Å². The molecule has 0 fully saturated rings. The van der Waals surface area contributed by atoms with Crippen LogP contribution < -0.4 is 0 Å². The molecule has 0 saturated carbocycles. The lowest BCUT2D eigenvalue weighted by Crippen LogP contribution is -2.09. The fourth-order valence-electron chi connectivity index (χ4n) is 2.37. The molecule has 0 aliphatic carbocycles.